The van der Waals surface area contributed by atoms with Crippen molar-refractivity contribution in [1.82, 2.24) is 20.1 Å². The van der Waals surface area contributed by atoms with E-state index in [1.54, 1.807) is 6.20 Å². The van der Waals surface area contributed by atoms with Crippen molar-refractivity contribution in [2.45, 2.75) is 56.2 Å². The fraction of sp³-hybridized carbons (Fsp3) is 0.467. The van der Waals surface area contributed by atoms with Gasteiger partial charge in [0.25, 0.3) is 0 Å². The number of hydrogen-bond donors (Lipinski definition) is 3. The fourth-order valence-electron chi connectivity index (χ4n) is 6.02. The van der Waals surface area contributed by atoms with Crippen molar-refractivity contribution in [3.05, 3.63) is 60.0 Å². The summed E-state index contributed by atoms with van der Waals surface area (Å²) in [7, 11) is -2.52. The first-order chi connectivity index (χ1) is 20.5. The van der Waals surface area contributed by atoms with Gasteiger partial charge in [-0.25, -0.2) is 9.67 Å². The molecule has 3 fully saturated rings. The van der Waals surface area contributed by atoms with Crippen molar-refractivity contribution >= 4 is 22.2 Å². The highest BCUT2D eigenvalue weighted by molar-refractivity contribution is 8.24. The molecule has 3 N–H and O–H groups in total. The molecule has 3 aliphatic rings. The molecule has 2 saturated carbocycles. The van der Waals surface area contributed by atoms with E-state index in [4.69, 9.17) is 5.10 Å². The van der Waals surface area contributed by atoms with E-state index in [9.17, 15) is 32.3 Å². The van der Waals surface area contributed by atoms with E-state index in [1.165, 1.54) is 10.7 Å². The zero-order valence-electron chi connectivity index (χ0n) is 23.4. The highest BCUT2D eigenvalue weighted by atomic mass is 32.3. The summed E-state index contributed by atoms with van der Waals surface area (Å²) in [5, 5.41) is 17.3. The number of halogens is 3. The molecule has 9 nitrogen and oxygen atoms in total. The van der Waals surface area contributed by atoms with E-state index < -0.39 is 33.8 Å². The molecule has 228 valence electrons. The van der Waals surface area contributed by atoms with Crippen LogP contribution in [0.3, 0.4) is 0 Å². The maximum absolute atomic E-state index is 13.5. The molecule has 43 heavy (non-hydrogen) atoms. The van der Waals surface area contributed by atoms with Gasteiger partial charge in [0.15, 0.2) is 5.82 Å². The van der Waals surface area contributed by atoms with Crippen LogP contribution in [-0.2, 0) is 11.0 Å². The molecule has 2 aromatic heterocycles. The topological polar surface area (TPSA) is 127 Å². The Bertz CT molecular complexity index is 1520. The number of anilines is 1. The molecule has 1 aromatic carbocycles. The molecule has 3 aromatic rings. The van der Waals surface area contributed by atoms with Crippen LogP contribution >= 0.6 is 10.6 Å². The van der Waals surface area contributed by atoms with E-state index in [-0.39, 0.29) is 17.6 Å². The molecule has 2 aliphatic carbocycles. The van der Waals surface area contributed by atoms with Gasteiger partial charge in [-0.15, -0.1) is 0 Å². The number of rotatable bonds is 6. The quantitative estimate of drug-likeness (QED) is 0.312. The lowest BCUT2D eigenvalue weighted by Crippen LogP contribution is -2.42. The largest absolute Gasteiger partial charge is 0.417 e. The van der Waals surface area contributed by atoms with E-state index in [0.717, 1.165) is 41.9 Å². The van der Waals surface area contributed by atoms with Gasteiger partial charge < -0.3 is 10.2 Å². The van der Waals surface area contributed by atoms with E-state index in [2.05, 4.69) is 21.3 Å². The molecular weight excluding hydrogens is 581 g/mol. The van der Waals surface area contributed by atoms with Gasteiger partial charge in [0.1, 0.15) is 5.54 Å². The van der Waals surface area contributed by atoms with Crippen molar-refractivity contribution in [3.8, 4) is 23.0 Å². The third kappa shape index (κ3) is 6.23. The third-order valence-corrected chi connectivity index (χ3v) is 10.4. The molecule has 0 radical (unpaired) electrons. The molecule has 3 heterocycles. The number of aromatic nitrogens is 3. The number of pyridine rings is 1. The molecule has 1 amide bonds. The second-order valence-corrected chi connectivity index (χ2v) is 14.1. The van der Waals surface area contributed by atoms with Crippen LogP contribution in [0.2, 0.25) is 0 Å². The van der Waals surface area contributed by atoms with Crippen LogP contribution in [-0.4, -0.2) is 59.9 Å². The molecule has 13 heteroatoms. The van der Waals surface area contributed by atoms with Gasteiger partial charge in [-0.3, -0.25) is 13.9 Å². The monoisotopic (exact) mass is 614 g/mol. The number of carbonyl (C=O) groups excluding carboxylic acids is 1. The fourth-order valence-corrected chi connectivity index (χ4v) is 7.25. The highest BCUT2D eigenvalue weighted by Gasteiger charge is 2.47. The Labute approximate surface area is 249 Å². The molecule has 0 unspecified atom stereocenters. The number of nitrogens with zero attached hydrogens (tertiary/aromatic N) is 5. The lowest BCUT2D eigenvalue weighted by atomic mass is 9.75. The second-order valence-electron chi connectivity index (χ2n) is 11.7. The summed E-state index contributed by atoms with van der Waals surface area (Å²) >= 11 is 0. The molecule has 2 atom stereocenters. The second kappa shape index (κ2) is 11.2. The zero-order chi connectivity index (χ0) is 30.4. The number of alkyl halides is 3. The number of nitriles is 1. The minimum absolute atomic E-state index is 0.164. The summed E-state index contributed by atoms with van der Waals surface area (Å²) in [6, 6.07) is 12.3. The number of benzene rings is 1. The Morgan fingerprint density at radius 3 is 2.37 bits per heavy atom. The molecule has 0 spiro atoms. The minimum Gasteiger partial charge on any atom is -0.368 e. The number of hydrogen-bond acceptors (Lipinski definition) is 7. The maximum atomic E-state index is 13.5. The SMILES string of the molecule is N#CC1(NC(=O)[C@@H]2CCCC[C@H]2c2nn(-c3ccc(C(F)(F)F)cn3)cc2-c2ccc(N3CCS(O)(O)CC3)cc2)CC1. The number of amides is 1. The van der Waals surface area contributed by atoms with Crippen molar-refractivity contribution in [2.24, 2.45) is 5.92 Å². The molecule has 1 saturated heterocycles. The van der Waals surface area contributed by atoms with Crippen LogP contribution in [0.15, 0.2) is 48.8 Å². The summed E-state index contributed by atoms with van der Waals surface area (Å²) in [6.07, 6.45) is 2.42. The van der Waals surface area contributed by atoms with Crippen LogP contribution < -0.4 is 10.2 Å². The van der Waals surface area contributed by atoms with E-state index in [1.807, 2.05) is 24.3 Å². The van der Waals surface area contributed by atoms with Gasteiger partial charge >= 0.3 is 6.18 Å². The smallest absolute Gasteiger partial charge is 0.368 e. The summed E-state index contributed by atoms with van der Waals surface area (Å²) in [6.45, 7) is 1.07. The Kier molecular flexibility index (Phi) is 7.64. The third-order valence-electron chi connectivity index (χ3n) is 8.75. The first kappa shape index (κ1) is 29.5. The summed E-state index contributed by atoms with van der Waals surface area (Å²) in [5.41, 5.74) is 1.56. The normalized spacial score (nSPS) is 23.7. The van der Waals surface area contributed by atoms with Crippen molar-refractivity contribution in [2.75, 3.05) is 29.5 Å². The van der Waals surface area contributed by atoms with Crippen LogP contribution in [0.25, 0.3) is 16.9 Å². The average Bonchev–Trinajstić information content (AvgIpc) is 3.63. The Morgan fingerprint density at radius 1 is 1.07 bits per heavy atom. The lowest BCUT2D eigenvalue weighted by Gasteiger charge is -2.41. The number of carbonyl (C=O) groups is 1. The predicted molar refractivity (Wildman–Crippen MR) is 157 cm³/mol. The standard InChI is InChI=1S/C30H33F3N6O3S/c31-30(32,33)21-7-10-26(35-17-21)39-18-25(20-5-8-22(9-6-20)38-13-15-43(41,42)16-14-38)27(37-39)23-3-1-2-4-24(23)28(40)36-29(19-34)11-12-29/h5-10,17-18,23-24,41-42H,1-4,11-16H2,(H,36,40)/t23-,24-/m1/s1. The minimum atomic E-state index is -4.51. The average molecular weight is 615 g/mol. The van der Waals surface area contributed by atoms with Gasteiger partial charge in [-0.05, 0) is 55.5 Å². The highest BCUT2D eigenvalue weighted by Crippen LogP contribution is 2.44. The lowest BCUT2D eigenvalue weighted by molar-refractivity contribution is -0.137. The van der Waals surface area contributed by atoms with Crippen molar-refractivity contribution < 1.29 is 27.1 Å². The zero-order valence-corrected chi connectivity index (χ0v) is 24.2. The Balaban J connectivity index is 1.35. The number of nitrogens with one attached hydrogen (secondary N) is 1. The summed E-state index contributed by atoms with van der Waals surface area (Å²) < 4.78 is 61.0. The van der Waals surface area contributed by atoms with Crippen LogP contribution in [0.1, 0.15) is 55.7 Å². The van der Waals surface area contributed by atoms with Gasteiger partial charge in [-0.2, -0.15) is 34.1 Å². The predicted octanol–water partition coefficient (Wildman–Crippen LogP) is 5.97. The van der Waals surface area contributed by atoms with Crippen molar-refractivity contribution in [1.29, 1.82) is 5.26 Å². The molecule has 6 rings (SSSR count). The summed E-state index contributed by atoms with van der Waals surface area (Å²) in [4.78, 5) is 19.6. The van der Waals surface area contributed by atoms with Crippen LogP contribution in [0.4, 0.5) is 18.9 Å². The van der Waals surface area contributed by atoms with E-state index >= 15 is 0 Å². The van der Waals surface area contributed by atoms with Gasteiger partial charge in [0.05, 0.1) is 28.8 Å². The van der Waals surface area contributed by atoms with E-state index in [0.29, 0.717) is 56.0 Å². The molecule has 0 bridgehead atoms. The van der Waals surface area contributed by atoms with Gasteiger partial charge in [0, 0.05) is 48.6 Å². The molecular formula is C30H33F3N6O3S. The first-order valence-electron chi connectivity index (χ1n) is 14.4. The van der Waals surface area contributed by atoms with Gasteiger partial charge in [0.2, 0.25) is 5.91 Å². The van der Waals surface area contributed by atoms with Crippen LogP contribution in [0, 0.1) is 17.2 Å². The van der Waals surface area contributed by atoms with Crippen molar-refractivity contribution in [3.63, 3.8) is 0 Å². The Morgan fingerprint density at radius 2 is 1.77 bits per heavy atom. The van der Waals surface area contributed by atoms with Crippen LogP contribution in [0.5, 0.6) is 0 Å². The molecule has 1 aliphatic heterocycles. The maximum Gasteiger partial charge on any atom is 0.417 e. The summed E-state index contributed by atoms with van der Waals surface area (Å²) in [5.74, 6) is 0.0649. The Hall–Kier alpha value is -3.60. The first-order valence-corrected chi connectivity index (χ1v) is 16.3. The van der Waals surface area contributed by atoms with Gasteiger partial charge in [-0.1, -0.05) is 25.0 Å².